The molecule has 0 saturated carbocycles. The van der Waals surface area contributed by atoms with Crippen molar-refractivity contribution in [2.24, 2.45) is 0 Å². The molecule has 56 valence electrons. The summed E-state index contributed by atoms with van der Waals surface area (Å²) in [6.45, 7) is 2.86. The number of halogens is 3. The van der Waals surface area contributed by atoms with E-state index in [0.717, 1.165) is 0 Å². The fraction of sp³-hybridized carbons (Fsp3) is 1.00. The second-order valence-corrected chi connectivity index (χ2v) is 4.21. The van der Waals surface area contributed by atoms with Crippen LogP contribution in [-0.4, -0.2) is 8.99 Å². The highest BCUT2D eigenvalue weighted by atomic mass is 28.4. The van der Waals surface area contributed by atoms with Gasteiger partial charge in [-0.1, -0.05) is 18.4 Å². The topological polar surface area (TPSA) is 9.23 Å². The summed E-state index contributed by atoms with van der Waals surface area (Å²) in [5.41, 5.74) is -0.928. The smallest absolute Gasteiger partial charge is 0.239 e. The first kappa shape index (κ1) is 8.97. The van der Waals surface area contributed by atoms with E-state index in [0.29, 0.717) is 0 Å². The van der Waals surface area contributed by atoms with Crippen LogP contribution in [0.25, 0.3) is 0 Å². The highest BCUT2D eigenvalue weighted by Gasteiger charge is 2.46. The molecule has 9 heavy (non-hydrogen) atoms. The Morgan fingerprint density at radius 1 is 1.56 bits per heavy atom. The van der Waals surface area contributed by atoms with Gasteiger partial charge in [0.15, 0.2) is 0 Å². The van der Waals surface area contributed by atoms with Crippen molar-refractivity contribution in [1.29, 1.82) is 0 Å². The summed E-state index contributed by atoms with van der Waals surface area (Å²) >= 11 is 0. The molecule has 0 heterocycles. The molecule has 0 aromatic rings. The zero-order chi connectivity index (χ0) is 7.49. The predicted molar refractivity (Wildman–Crippen MR) is 29.9 cm³/mol. The van der Waals surface area contributed by atoms with Crippen LogP contribution in [0.4, 0.5) is 12.7 Å². The Labute approximate surface area is 53.2 Å². The molecule has 0 aliphatic carbocycles. The van der Waals surface area contributed by atoms with Crippen LogP contribution in [0, 0.1) is 0 Å². The van der Waals surface area contributed by atoms with E-state index < -0.39 is 14.5 Å². The van der Waals surface area contributed by atoms with Crippen LogP contribution >= 0.6 is 0 Å². The molecule has 0 bridgehead atoms. The van der Waals surface area contributed by atoms with Crippen molar-refractivity contribution in [2.45, 2.75) is 25.8 Å². The van der Waals surface area contributed by atoms with Gasteiger partial charge in [-0.05, 0) is 6.42 Å². The molecule has 1 nitrogen and oxygen atoms in total. The van der Waals surface area contributed by atoms with Gasteiger partial charge >= 0.3 is 8.99 Å². The summed E-state index contributed by atoms with van der Waals surface area (Å²) in [6.07, 6.45) is 0.253. The van der Waals surface area contributed by atoms with Crippen molar-refractivity contribution in [3.05, 3.63) is 0 Å². The van der Waals surface area contributed by atoms with Gasteiger partial charge in [-0.15, -0.1) is 0 Å². The molecule has 1 atom stereocenters. The Morgan fingerprint density at radius 2 is 2.00 bits per heavy atom. The first-order valence-corrected chi connectivity index (χ1v) is 4.46. The van der Waals surface area contributed by atoms with Gasteiger partial charge < -0.3 is 0 Å². The van der Waals surface area contributed by atoms with Crippen LogP contribution in [0.5, 0.6) is 0 Å². The van der Waals surface area contributed by atoms with Crippen LogP contribution in [0.15, 0.2) is 0 Å². The highest BCUT2D eigenvalue weighted by molar-refractivity contribution is 6.60. The summed E-state index contributed by atoms with van der Waals surface area (Å²) in [5, 5.41) is 0. The third-order valence-corrected chi connectivity index (χ3v) is 3.05. The van der Waals surface area contributed by atoms with Crippen molar-refractivity contribution in [1.82, 2.24) is 0 Å². The average molecular weight is 158 g/mol. The lowest BCUT2D eigenvalue weighted by Crippen LogP contribution is -2.29. The first-order chi connectivity index (χ1) is 4.04. The number of hydrogen-bond acceptors (Lipinski definition) is 1. The monoisotopic (exact) mass is 158 g/mol. The first-order valence-electron chi connectivity index (χ1n) is 2.72. The van der Waals surface area contributed by atoms with Crippen LogP contribution in [0.1, 0.15) is 20.3 Å². The molecule has 0 aliphatic rings. The Hall–Kier alpha value is -0.0331. The van der Waals surface area contributed by atoms with E-state index in [-0.39, 0.29) is 6.42 Å². The zero-order valence-corrected chi connectivity index (χ0v) is 6.33. The minimum Gasteiger partial charge on any atom is -0.239 e. The van der Waals surface area contributed by atoms with E-state index >= 15 is 0 Å². The van der Waals surface area contributed by atoms with Gasteiger partial charge in [-0.2, -0.15) is 4.63 Å². The van der Waals surface area contributed by atoms with Crippen molar-refractivity contribution < 1.29 is 17.4 Å². The van der Waals surface area contributed by atoms with E-state index in [1.54, 1.807) is 6.92 Å². The largest absolute Gasteiger partial charge is 0.613 e. The van der Waals surface area contributed by atoms with Crippen molar-refractivity contribution >= 4 is 8.99 Å². The average Bonchev–Trinajstić information content (AvgIpc) is 1.86. The van der Waals surface area contributed by atoms with E-state index in [4.69, 9.17) is 0 Å². The summed E-state index contributed by atoms with van der Waals surface area (Å²) in [5.74, 6) is 0. The van der Waals surface area contributed by atoms with Gasteiger partial charge in [0.05, 0.1) is 0 Å². The maximum atomic E-state index is 12.1. The fourth-order valence-corrected chi connectivity index (χ4v) is 0.941. The van der Waals surface area contributed by atoms with Crippen molar-refractivity contribution in [2.75, 3.05) is 0 Å². The SMILES string of the molecule is CCC(C)[Si](F)(F)OF. The van der Waals surface area contributed by atoms with Crippen molar-refractivity contribution in [3.8, 4) is 0 Å². The summed E-state index contributed by atoms with van der Waals surface area (Å²) < 4.78 is 37.8. The van der Waals surface area contributed by atoms with Gasteiger partial charge in [0.25, 0.3) is 0 Å². The lowest BCUT2D eigenvalue weighted by atomic mass is 10.4. The molecule has 0 N–H and O–H groups in total. The van der Waals surface area contributed by atoms with Gasteiger partial charge in [-0.3, -0.25) is 0 Å². The molecule has 0 aromatic carbocycles. The summed E-state index contributed by atoms with van der Waals surface area (Å²) in [4.78, 5) is 0. The van der Waals surface area contributed by atoms with Crippen molar-refractivity contribution in [3.63, 3.8) is 0 Å². The second-order valence-electron chi connectivity index (χ2n) is 1.95. The molecule has 0 aliphatic heterocycles. The quantitative estimate of drug-likeness (QED) is 0.453. The van der Waals surface area contributed by atoms with Gasteiger partial charge in [0.1, 0.15) is 0 Å². The predicted octanol–water partition coefficient (Wildman–Crippen LogP) is 2.57. The van der Waals surface area contributed by atoms with E-state index in [1.807, 2.05) is 0 Å². The maximum Gasteiger partial charge on any atom is 0.613 e. The molecule has 1 unspecified atom stereocenters. The van der Waals surface area contributed by atoms with Crippen LogP contribution in [0.3, 0.4) is 0 Å². The molecular weight excluding hydrogens is 149 g/mol. The van der Waals surface area contributed by atoms with E-state index in [2.05, 4.69) is 4.63 Å². The minimum absolute atomic E-state index is 0.253. The molecule has 5 heteroatoms. The van der Waals surface area contributed by atoms with E-state index in [9.17, 15) is 12.7 Å². The van der Waals surface area contributed by atoms with Gasteiger partial charge in [0, 0.05) is 5.54 Å². The molecular formula is C4H9F3OSi. The minimum atomic E-state index is -4.95. The normalized spacial score (nSPS) is 15.7. The second kappa shape index (κ2) is 3.22. The highest BCUT2D eigenvalue weighted by Crippen LogP contribution is 2.28. The Bertz CT molecular complexity index is 87.9. The lowest BCUT2D eigenvalue weighted by molar-refractivity contribution is -0.0549. The summed E-state index contributed by atoms with van der Waals surface area (Å²) in [6, 6.07) is 0. The molecule has 0 radical (unpaired) electrons. The van der Waals surface area contributed by atoms with Gasteiger partial charge in [0.2, 0.25) is 0 Å². The Balaban J connectivity index is 3.80. The molecule has 0 rings (SSSR count). The van der Waals surface area contributed by atoms with Crippen LogP contribution in [-0.2, 0) is 4.63 Å². The fourth-order valence-electron chi connectivity index (χ4n) is 0.314. The van der Waals surface area contributed by atoms with E-state index in [1.165, 1.54) is 6.92 Å². The Kier molecular flexibility index (Phi) is 3.20. The molecule has 0 aromatic heterocycles. The molecule has 0 fully saturated rings. The standard InChI is InChI=1S/C4H9F3OSi/c1-3-4(2)9(6,7)8-5/h4H,3H2,1-2H3. The third-order valence-electron chi connectivity index (χ3n) is 1.29. The van der Waals surface area contributed by atoms with Crippen LogP contribution in [0.2, 0.25) is 5.54 Å². The maximum absolute atomic E-state index is 12.1. The van der Waals surface area contributed by atoms with Crippen LogP contribution < -0.4 is 0 Å². The summed E-state index contributed by atoms with van der Waals surface area (Å²) in [7, 11) is -4.95. The van der Waals surface area contributed by atoms with Gasteiger partial charge in [-0.25, -0.2) is 8.22 Å². The zero-order valence-electron chi connectivity index (χ0n) is 5.33. The number of rotatable bonds is 3. The Morgan fingerprint density at radius 3 is 2.11 bits per heavy atom. The third kappa shape index (κ3) is 2.36. The number of hydrogen-bond donors (Lipinski definition) is 0. The molecule has 0 saturated heterocycles. The lowest BCUT2D eigenvalue weighted by Gasteiger charge is -2.11. The molecule has 0 amide bonds. The molecule has 0 spiro atoms.